The molecule has 1 heterocycles. The minimum Gasteiger partial charge on any atom is -0.314 e. The molecular weight excluding hydrogens is 210 g/mol. The fourth-order valence-electron chi connectivity index (χ4n) is 1.83. The SMILES string of the molecule is CCNC(C)CCN(C)CCc1ccccn1. The first-order chi connectivity index (χ1) is 8.22. The summed E-state index contributed by atoms with van der Waals surface area (Å²) >= 11 is 0. The van der Waals surface area contributed by atoms with E-state index >= 15 is 0 Å². The van der Waals surface area contributed by atoms with Crippen molar-refractivity contribution in [3.8, 4) is 0 Å². The number of likely N-dealkylation sites (N-methyl/N-ethyl adjacent to an activating group) is 1. The summed E-state index contributed by atoms with van der Waals surface area (Å²) in [6.07, 6.45) is 4.10. The third-order valence-corrected chi connectivity index (χ3v) is 2.97. The van der Waals surface area contributed by atoms with Crippen LogP contribution in [0.25, 0.3) is 0 Å². The van der Waals surface area contributed by atoms with Gasteiger partial charge in [-0.1, -0.05) is 13.0 Å². The van der Waals surface area contributed by atoms with E-state index in [-0.39, 0.29) is 0 Å². The Morgan fingerprint density at radius 1 is 1.35 bits per heavy atom. The van der Waals surface area contributed by atoms with Gasteiger partial charge < -0.3 is 10.2 Å². The number of rotatable bonds is 8. The van der Waals surface area contributed by atoms with Gasteiger partial charge in [0.1, 0.15) is 0 Å². The lowest BCUT2D eigenvalue weighted by Gasteiger charge is -2.19. The maximum atomic E-state index is 4.34. The number of pyridine rings is 1. The van der Waals surface area contributed by atoms with Gasteiger partial charge in [0.2, 0.25) is 0 Å². The average Bonchev–Trinajstić information content (AvgIpc) is 2.35. The molecule has 0 amide bonds. The summed E-state index contributed by atoms with van der Waals surface area (Å²) in [6.45, 7) is 7.67. The number of nitrogens with one attached hydrogen (secondary N) is 1. The molecule has 0 bridgehead atoms. The van der Waals surface area contributed by atoms with Gasteiger partial charge in [-0.2, -0.15) is 0 Å². The van der Waals surface area contributed by atoms with Crippen molar-refractivity contribution in [3.63, 3.8) is 0 Å². The van der Waals surface area contributed by atoms with Crippen LogP contribution in [0.5, 0.6) is 0 Å². The molecule has 1 aromatic rings. The molecule has 96 valence electrons. The van der Waals surface area contributed by atoms with E-state index in [1.54, 1.807) is 0 Å². The summed E-state index contributed by atoms with van der Waals surface area (Å²) in [6, 6.07) is 6.72. The van der Waals surface area contributed by atoms with Crippen LogP contribution in [-0.2, 0) is 6.42 Å². The Kier molecular flexibility index (Phi) is 6.82. The maximum absolute atomic E-state index is 4.34. The summed E-state index contributed by atoms with van der Waals surface area (Å²) in [4.78, 5) is 6.71. The van der Waals surface area contributed by atoms with E-state index in [0.717, 1.165) is 26.1 Å². The van der Waals surface area contributed by atoms with Crippen molar-refractivity contribution >= 4 is 0 Å². The predicted octanol–water partition coefficient (Wildman–Crippen LogP) is 1.94. The highest BCUT2D eigenvalue weighted by molar-refractivity contribution is 5.03. The third-order valence-electron chi connectivity index (χ3n) is 2.97. The highest BCUT2D eigenvalue weighted by atomic mass is 15.1. The van der Waals surface area contributed by atoms with Crippen molar-refractivity contribution < 1.29 is 0 Å². The largest absolute Gasteiger partial charge is 0.314 e. The van der Waals surface area contributed by atoms with E-state index in [1.807, 2.05) is 12.3 Å². The molecule has 0 radical (unpaired) electrons. The Balaban J connectivity index is 2.15. The molecule has 0 aliphatic rings. The van der Waals surface area contributed by atoms with Crippen LogP contribution in [0.1, 0.15) is 26.0 Å². The number of hydrogen-bond donors (Lipinski definition) is 1. The second kappa shape index (κ2) is 8.20. The Morgan fingerprint density at radius 3 is 2.82 bits per heavy atom. The fourth-order valence-corrected chi connectivity index (χ4v) is 1.83. The lowest BCUT2D eigenvalue weighted by atomic mass is 10.2. The first-order valence-electron chi connectivity index (χ1n) is 6.54. The van der Waals surface area contributed by atoms with Crippen LogP contribution < -0.4 is 5.32 Å². The normalized spacial score (nSPS) is 12.9. The molecule has 1 aromatic heterocycles. The number of nitrogens with zero attached hydrogens (tertiary/aromatic N) is 2. The van der Waals surface area contributed by atoms with Crippen LogP contribution in [0.15, 0.2) is 24.4 Å². The summed E-state index contributed by atoms with van der Waals surface area (Å²) in [5, 5.41) is 3.44. The van der Waals surface area contributed by atoms with E-state index in [1.165, 1.54) is 12.1 Å². The van der Waals surface area contributed by atoms with Gasteiger partial charge in [-0.25, -0.2) is 0 Å². The maximum Gasteiger partial charge on any atom is 0.0416 e. The highest BCUT2D eigenvalue weighted by Gasteiger charge is 2.03. The minimum atomic E-state index is 0.609. The molecule has 3 heteroatoms. The number of hydrogen-bond acceptors (Lipinski definition) is 3. The van der Waals surface area contributed by atoms with E-state index in [9.17, 15) is 0 Å². The lowest BCUT2D eigenvalue weighted by Crippen LogP contribution is -2.31. The minimum absolute atomic E-state index is 0.609. The van der Waals surface area contributed by atoms with Crippen LogP contribution >= 0.6 is 0 Å². The Labute approximate surface area is 105 Å². The molecule has 0 aromatic carbocycles. The topological polar surface area (TPSA) is 28.2 Å². The van der Waals surface area contributed by atoms with Crippen molar-refractivity contribution in [3.05, 3.63) is 30.1 Å². The predicted molar refractivity (Wildman–Crippen MR) is 73.2 cm³/mol. The molecule has 1 N–H and O–H groups in total. The van der Waals surface area contributed by atoms with Crippen LogP contribution in [0, 0.1) is 0 Å². The Bertz CT molecular complexity index is 287. The molecule has 0 fully saturated rings. The summed E-state index contributed by atoms with van der Waals surface area (Å²) in [5.41, 5.74) is 1.18. The van der Waals surface area contributed by atoms with Gasteiger partial charge in [0, 0.05) is 30.9 Å². The first-order valence-corrected chi connectivity index (χ1v) is 6.54. The molecule has 3 nitrogen and oxygen atoms in total. The van der Waals surface area contributed by atoms with E-state index < -0.39 is 0 Å². The van der Waals surface area contributed by atoms with Crippen molar-refractivity contribution in [2.45, 2.75) is 32.7 Å². The van der Waals surface area contributed by atoms with Gasteiger partial charge in [0.05, 0.1) is 0 Å². The van der Waals surface area contributed by atoms with Gasteiger partial charge in [0.25, 0.3) is 0 Å². The van der Waals surface area contributed by atoms with Crippen LogP contribution in [-0.4, -0.2) is 42.6 Å². The van der Waals surface area contributed by atoms with Gasteiger partial charge >= 0.3 is 0 Å². The Hall–Kier alpha value is -0.930. The molecule has 0 spiro atoms. The van der Waals surface area contributed by atoms with Gasteiger partial charge in [-0.15, -0.1) is 0 Å². The average molecular weight is 235 g/mol. The van der Waals surface area contributed by atoms with Crippen molar-refractivity contribution in [1.82, 2.24) is 15.2 Å². The smallest absolute Gasteiger partial charge is 0.0416 e. The zero-order valence-corrected chi connectivity index (χ0v) is 11.3. The summed E-state index contributed by atoms with van der Waals surface area (Å²) < 4.78 is 0. The standard InChI is InChI=1S/C14H25N3/c1-4-15-13(2)8-11-17(3)12-9-14-7-5-6-10-16-14/h5-7,10,13,15H,4,8-9,11-12H2,1-3H3. The summed E-state index contributed by atoms with van der Waals surface area (Å²) in [7, 11) is 2.18. The summed E-state index contributed by atoms with van der Waals surface area (Å²) in [5.74, 6) is 0. The monoisotopic (exact) mass is 235 g/mol. The van der Waals surface area contributed by atoms with Crippen LogP contribution in [0.4, 0.5) is 0 Å². The van der Waals surface area contributed by atoms with Crippen molar-refractivity contribution in [2.75, 3.05) is 26.7 Å². The zero-order chi connectivity index (χ0) is 12.5. The first kappa shape index (κ1) is 14.1. The lowest BCUT2D eigenvalue weighted by molar-refractivity contribution is 0.314. The van der Waals surface area contributed by atoms with Crippen molar-refractivity contribution in [2.24, 2.45) is 0 Å². The van der Waals surface area contributed by atoms with Crippen LogP contribution in [0.2, 0.25) is 0 Å². The molecule has 1 rings (SSSR count). The zero-order valence-electron chi connectivity index (χ0n) is 11.3. The number of aromatic nitrogens is 1. The molecule has 0 aliphatic heterocycles. The Morgan fingerprint density at radius 2 is 2.18 bits per heavy atom. The molecule has 0 saturated carbocycles. The molecule has 0 saturated heterocycles. The van der Waals surface area contributed by atoms with E-state index in [2.05, 4.69) is 48.2 Å². The van der Waals surface area contributed by atoms with Gasteiger partial charge in [-0.3, -0.25) is 4.98 Å². The van der Waals surface area contributed by atoms with Gasteiger partial charge in [0.15, 0.2) is 0 Å². The molecule has 1 atom stereocenters. The third kappa shape index (κ3) is 6.39. The van der Waals surface area contributed by atoms with Crippen LogP contribution in [0.3, 0.4) is 0 Å². The van der Waals surface area contributed by atoms with Crippen molar-refractivity contribution in [1.29, 1.82) is 0 Å². The van der Waals surface area contributed by atoms with E-state index in [0.29, 0.717) is 6.04 Å². The molecule has 17 heavy (non-hydrogen) atoms. The quantitative estimate of drug-likeness (QED) is 0.746. The van der Waals surface area contributed by atoms with Gasteiger partial charge in [-0.05, 0) is 45.6 Å². The molecule has 0 aliphatic carbocycles. The second-order valence-corrected chi connectivity index (χ2v) is 4.62. The molecule has 1 unspecified atom stereocenters. The second-order valence-electron chi connectivity index (χ2n) is 4.62. The molecular formula is C14H25N3. The fraction of sp³-hybridized carbons (Fsp3) is 0.643. The highest BCUT2D eigenvalue weighted by Crippen LogP contribution is 1.98. The van der Waals surface area contributed by atoms with E-state index in [4.69, 9.17) is 0 Å².